The summed E-state index contributed by atoms with van der Waals surface area (Å²) in [5.74, 6) is 2.48. The zero-order valence-electron chi connectivity index (χ0n) is 13.1. The molecule has 0 saturated heterocycles. The molecular formula is C13H25N5O2S. The van der Waals surface area contributed by atoms with Crippen LogP contribution in [0.1, 0.15) is 44.5 Å². The third kappa shape index (κ3) is 5.84. The van der Waals surface area contributed by atoms with Crippen molar-refractivity contribution in [3.63, 3.8) is 0 Å². The Morgan fingerprint density at radius 3 is 2.24 bits per heavy atom. The minimum atomic E-state index is -3.41. The summed E-state index contributed by atoms with van der Waals surface area (Å²) in [4.78, 5) is 9.02. The first kappa shape index (κ1) is 17.6. The first-order chi connectivity index (χ1) is 9.74. The molecule has 0 aromatic carbocycles. The van der Waals surface area contributed by atoms with Crippen molar-refractivity contribution >= 4 is 21.7 Å². The fourth-order valence-electron chi connectivity index (χ4n) is 1.78. The van der Waals surface area contributed by atoms with E-state index < -0.39 is 10.0 Å². The zero-order valence-corrected chi connectivity index (χ0v) is 13.9. The minimum absolute atomic E-state index is 0.0404. The second-order valence-electron chi connectivity index (χ2n) is 5.24. The highest BCUT2D eigenvalue weighted by atomic mass is 32.2. The van der Waals surface area contributed by atoms with Crippen molar-refractivity contribution in [2.75, 3.05) is 29.5 Å². The lowest BCUT2D eigenvalue weighted by atomic mass is 10.2. The van der Waals surface area contributed by atoms with E-state index in [0.29, 0.717) is 13.0 Å². The summed E-state index contributed by atoms with van der Waals surface area (Å²) in [5, 5.41) is 11.4. The van der Waals surface area contributed by atoms with Gasteiger partial charge in [-0.15, -0.1) is 0 Å². The maximum absolute atomic E-state index is 10.9. The van der Waals surface area contributed by atoms with Gasteiger partial charge in [0.15, 0.2) is 0 Å². The zero-order chi connectivity index (χ0) is 16.0. The van der Waals surface area contributed by atoms with Crippen LogP contribution in [-0.4, -0.2) is 37.2 Å². The summed E-state index contributed by atoms with van der Waals surface area (Å²) in [7, 11) is -3.41. The first-order valence-corrected chi connectivity index (χ1v) is 8.83. The molecule has 0 aliphatic carbocycles. The molecule has 0 unspecified atom stereocenters. The van der Waals surface area contributed by atoms with Crippen LogP contribution in [0.5, 0.6) is 0 Å². The van der Waals surface area contributed by atoms with Gasteiger partial charge in [0, 0.05) is 24.6 Å². The maximum atomic E-state index is 10.9. The molecule has 4 N–H and O–H groups in total. The lowest BCUT2D eigenvalue weighted by Gasteiger charge is -2.15. The number of sulfonamides is 1. The van der Waals surface area contributed by atoms with E-state index in [4.69, 9.17) is 5.14 Å². The molecule has 0 saturated carbocycles. The van der Waals surface area contributed by atoms with Crippen LogP contribution in [0.3, 0.4) is 0 Å². The van der Waals surface area contributed by atoms with Crippen molar-refractivity contribution in [2.45, 2.75) is 40.0 Å². The average Bonchev–Trinajstić information content (AvgIpc) is 2.37. The van der Waals surface area contributed by atoms with Gasteiger partial charge in [-0.1, -0.05) is 13.8 Å². The fourth-order valence-corrected chi connectivity index (χ4v) is 2.33. The van der Waals surface area contributed by atoms with Gasteiger partial charge in [-0.25, -0.2) is 23.5 Å². The van der Waals surface area contributed by atoms with Gasteiger partial charge in [0.2, 0.25) is 10.0 Å². The van der Waals surface area contributed by atoms with Crippen LogP contribution in [-0.2, 0) is 10.0 Å². The number of anilines is 2. The van der Waals surface area contributed by atoms with Crippen molar-refractivity contribution in [3.8, 4) is 0 Å². The summed E-state index contributed by atoms with van der Waals surface area (Å²) in [6, 6.07) is 0. The normalized spacial score (nSPS) is 11.7. The molecular weight excluding hydrogens is 290 g/mol. The minimum Gasteiger partial charge on any atom is -0.370 e. The summed E-state index contributed by atoms with van der Waals surface area (Å²) in [6.45, 7) is 9.29. The van der Waals surface area contributed by atoms with Crippen LogP contribution in [0, 0.1) is 6.92 Å². The van der Waals surface area contributed by atoms with Crippen molar-refractivity contribution in [1.82, 2.24) is 9.97 Å². The molecule has 1 aromatic rings. The maximum Gasteiger partial charge on any atom is 0.209 e. The number of nitrogens with one attached hydrogen (secondary N) is 2. The van der Waals surface area contributed by atoms with Crippen LogP contribution >= 0.6 is 0 Å². The summed E-state index contributed by atoms with van der Waals surface area (Å²) in [5.41, 5.74) is 0.928. The highest BCUT2D eigenvalue weighted by molar-refractivity contribution is 7.89. The number of hydrogen-bond donors (Lipinski definition) is 3. The van der Waals surface area contributed by atoms with Crippen LogP contribution < -0.4 is 15.8 Å². The molecule has 1 aromatic heterocycles. The molecule has 1 heterocycles. The smallest absolute Gasteiger partial charge is 0.209 e. The van der Waals surface area contributed by atoms with Crippen LogP contribution in [0.15, 0.2) is 0 Å². The molecule has 21 heavy (non-hydrogen) atoms. The highest BCUT2D eigenvalue weighted by Crippen LogP contribution is 2.23. The van der Waals surface area contributed by atoms with Gasteiger partial charge in [-0.3, -0.25) is 0 Å². The van der Waals surface area contributed by atoms with Crippen molar-refractivity contribution < 1.29 is 8.42 Å². The molecule has 0 radical (unpaired) electrons. The topological polar surface area (TPSA) is 110 Å². The van der Waals surface area contributed by atoms with Gasteiger partial charge in [-0.05, 0) is 20.3 Å². The Morgan fingerprint density at radius 2 is 1.76 bits per heavy atom. The SMILES string of the molecule is CCNc1nc(C(C)C)nc(NCCCS(N)(=O)=O)c1C. The quantitative estimate of drug-likeness (QED) is 0.626. The van der Waals surface area contributed by atoms with E-state index in [2.05, 4.69) is 20.6 Å². The summed E-state index contributed by atoms with van der Waals surface area (Å²) >= 11 is 0. The molecule has 0 aliphatic rings. The molecule has 120 valence electrons. The van der Waals surface area contributed by atoms with Gasteiger partial charge in [-0.2, -0.15) is 0 Å². The van der Waals surface area contributed by atoms with Crippen molar-refractivity contribution in [1.29, 1.82) is 0 Å². The van der Waals surface area contributed by atoms with Gasteiger partial charge in [0.25, 0.3) is 0 Å². The molecule has 0 bridgehead atoms. The molecule has 0 aliphatic heterocycles. The van der Waals surface area contributed by atoms with E-state index >= 15 is 0 Å². The predicted octanol–water partition coefficient (Wildman–Crippen LogP) is 1.43. The van der Waals surface area contributed by atoms with E-state index in [0.717, 1.165) is 29.6 Å². The largest absolute Gasteiger partial charge is 0.370 e. The summed E-state index contributed by atoms with van der Waals surface area (Å²) < 4.78 is 21.8. The monoisotopic (exact) mass is 315 g/mol. The first-order valence-electron chi connectivity index (χ1n) is 7.11. The summed E-state index contributed by atoms with van der Waals surface area (Å²) in [6.07, 6.45) is 0.440. The van der Waals surface area contributed by atoms with E-state index in [1.165, 1.54) is 0 Å². The molecule has 0 spiro atoms. The third-order valence-corrected chi connectivity index (χ3v) is 3.78. The van der Waals surface area contributed by atoms with Crippen molar-refractivity contribution in [2.24, 2.45) is 5.14 Å². The number of hydrogen-bond acceptors (Lipinski definition) is 6. The third-order valence-electron chi connectivity index (χ3n) is 2.92. The van der Waals surface area contributed by atoms with E-state index in [1.54, 1.807) is 0 Å². The molecule has 1 rings (SSSR count). The number of primary sulfonamides is 1. The molecule has 0 atom stereocenters. The van der Waals surface area contributed by atoms with Gasteiger partial charge < -0.3 is 10.6 Å². The number of rotatable bonds is 8. The molecule has 8 heteroatoms. The number of aromatic nitrogens is 2. The standard InChI is InChI=1S/C13H25N5O2S/c1-5-15-12-10(4)13(18-11(17-12)9(2)3)16-7-6-8-21(14,19)20/h9H,5-8H2,1-4H3,(H2,14,19,20)(H2,15,16,17,18). The Hall–Kier alpha value is -1.41. The Balaban J connectivity index is 2.84. The highest BCUT2D eigenvalue weighted by Gasteiger charge is 2.12. The molecule has 7 nitrogen and oxygen atoms in total. The van der Waals surface area contributed by atoms with Crippen LogP contribution in [0.2, 0.25) is 0 Å². The van der Waals surface area contributed by atoms with E-state index in [9.17, 15) is 8.42 Å². The van der Waals surface area contributed by atoms with Crippen LogP contribution in [0.4, 0.5) is 11.6 Å². The van der Waals surface area contributed by atoms with E-state index in [-0.39, 0.29) is 11.7 Å². The second-order valence-corrected chi connectivity index (χ2v) is 6.97. The lowest BCUT2D eigenvalue weighted by Crippen LogP contribution is -2.19. The lowest BCUT2D eigenvalue weighted by molar-refractivity contribution is 0.595. The second kappa shape index (κ2) is 7.56. The predicted molar refractivity (Wildman–Crippen MR) is 86.1 cm³/mol. The Labute approximate surface area is 126 Å². The number of nitrogens with two attached hydrogens (primary N) is 1. The molecule has 0 amide bonds. The van der Waals surface area contributed by atoms with Crippen molar-refractivity contribution in [3.05, 3.63) is 11.4 Å². The van der Waals surface area contributed by atoms with Crippen LogP contribution in [0.25, 0.3) is 0 Å². The van der Waals surface area contributed by atoms with Gasteiger partial charge >= 0.3 is 0 Å². The average molecular weight is 315 g/mol. The van der Waals surface area contributed by atoms with E-state index in [1.807, 2.05) is 27.7 Å². The van der Waals surface area contributed by atoms with Gasteiger partial charge in [0.05, 0.1) is 5.75 Å². The Kier molecular flexibility index (Phi) is 6.35. The Bertz CT molecular complexity index is 572. The number of nitrogens with zero attached hydrogens (tertiary/aromatic N) is 2. The van der Waals surface area contributed by atoms with Gasteiger partial charge in [0.1, 0.15) is 17.5 Å². The fraction of sp³-hybridized carbons (Fsp3) is 0.692. The Morgan fingerprint density at radius 1 is 1.19 bits per heavy atom. The molecule has 0 fully saturated rings.